The first kappa shape index (κ1) is 16.8. The molecule has 132 valence electrons. The van der Waals surface area contributed by atoms with Crippen molar-refractivity contribution >= 4 is 17.5 Å². The van der Waals surface area contributed by atoms with Gasteiger partial charge in [-0.2, -0.15) is 0 Å². The van der Waals surface area contributed by atoms with Crippen molar-refractivity contribution in [1.29, 1.82) is 0 Å². The van der Waals surface area contributed by atoms with Gasteiger partial charge in [0.05, 0.1) is 6.04 Å². The largest absolute Gasteiger partial charge is 0.313 e. The van der Waals surface area contributed by atoms with Crippen molar-refractivity contribution in [3.63, 3.8) is 0 Å². The average molecular weight is 368 g/mol. The van der Waals surface area contributed by atoms with E-state index in [1.165, 1.54) is 23.9 Å². The highest BCUT2D eigenvalue weighted by atomic mass is 32.2. The van der Waals surface area contributed by atoms with E-state index < -0.39 is 5.25 Å². The molecule has 26 heavy (non-hydrogen) atoms. The molecule has 3 aromatic rings. The van der Waals surface area contributed by atoms with Crippen LogP contribution in [0, 0.1) is 19.7 Å². The third-order valence-corrected chi connectivity index (χ3v) is 5.84. The van der Waals surface area contributed by atoms with E-state index in [0.29, 0.717) is 10.7 Å². The van der Waals surface area contributed by atoms with Crippen LogP contribution in [-0.4, -0.2) is 25.9 Å². The van der Waals surface area contributed by atoms with Gasteiger partial charge < -0.3 is 5.43 Å². The van der Waals surface area contributed by atoms with Crippen molar-refractivity contribution in [2.24, 2.45) is 0 Å². The van der Waals surface area contributed by atoms with Crippen LogP contribution < -0.4 is 5.43 Å². The third-order valence-electron chi connectivity index (χ3n) is 4.61. The molecule has 0 amide bonds. The predicted molar refractivity (Wildman–Crippen MR) is 98.4 cm³/mol. The molecule has 1 aliphatic heterocycles. The summed E-state index contributed by atoms with van der Waals surface area (Å²) in [5.74, 6) is -0.298. The molecule has 2 aromatic carbocycles. The Hall–Kier alpha value is -2.67. The molecule has 0 saturated carbocycles. The number of hydrogen-bond acceptors (Lipinski definition) is 5. The number of nitrogens with zero attached hydrogens (tertiary/aromatic N) is 3. The summed E-state index contributed by atoms with van der Waals surface area (Å²) in [6.07, 6.45) is 1.57. The number of halogens is 1. The maximum absolute atomic E-state index is 13.3. The van der Waals surface area contributed by atoms with Crippen LogP contribution in [-0.2, 0) is 0 Å². The van der Waals surface area contributed by atoms with Crippen molar-refractivity contribution in [2.75, 3.05) is 5.43 Å². The molecule has 1 N–H and O–H groups in total. The molecular formula is C19H17FN4OS. The lowest BCUT2D eigenvalue weighted by Crippen LogP contribution is -2.38. The number of nitrogens with one attached hydrogen (secondary N) is 1. The van der Waals surface area contributed by atoms with E-state index in [1.807, 2.05) is 32.0 Å². The lowest BCUT2D eigenvalue weighted by Gasteiger charge is -2.32. The maximum atomic E-state index is 13.3. The molecule has 2 heterocycles. The number of aryl methyl sites for hydroxylation is 2. The number of rotatable bonds is 3. The minimum atomic E-state index is -0.431. The van der Waals surface area contributed by atoms with E-state index in [2.05, 4.69) is 15.6 Å². The first-order chi connectivity index (χ1) is 12.5. The molecular weight excluding hydrogens is 351 g/mol. The van der Waals surface area contributed by atoms with Crippen LogP contribution in [0.15, 0.2) is 53.9 Å². The van der Waals surface area contributed by atoms with Crippen LogP contribution in [0.4, 0.5) is 4.39 Å². The van der Waals surface area contributed by atoms with E-state index in [9.17, 15) is 9.18 Å². The second-order valence-electron chi connectivity index (χ2n) is 6.34. The molecule has 0 spiro atoms. The summed E-state index contributed by atoms with van der Waals surface area (Å²) in [6.45, 7) is 4.01. The number of carbonyl (C=O) groups excluding carboxylic acids is 1. The molecule has 2 atom stereocenters. The van der Waals surface area contributed by atoms with Crippen molar-refractivity contribution in [2.45, 2.75) is 30.3 Å². The van der Waals surface area contributed by atoms with Crippen LogP contribution in [0.5, 0.6) is 0 Å². The number of ketones is 1. The van der Waals surface area contributed by atoms with E-state index in [4.69, 9.17) is 0 Å². The van der Waals surface area contributed by atoms with Crippen LogP contribution in [0.25, 0.3) is 0 Å². The number of benzene rings is 2. The molecule has 0 fully saturated rings. The molecule has 0 saturated heterocycles. The highest BCUT2D eigenvalue weighted by molar-refractivity contribution is 8.00. The summed E-state index contributed by atoms with van der Waals surface area (Å²) in [6, 6.07) is 11.6. The van der Waals surface area contributed by atoms with E-state index in [1.54, 1.807) is 23.1 Å². The van der Waals surface area contributed by atoms with Crippen molar-refractivity contribution in [3.05, 3.63) is 76.9 Å². The number of fused-ring (bicyclic) bond motifs is 1. The lowest BCUT2D eigenvalue weighted by molar-refractivity contribution is 0.0980. The number of Topliss-reactive ketones (excluding diaryl/α,β-unsaturated/α-hetero) is 1. The van der Waals surface area contributed by atoms with Gasteiger partial charge in [-0.25, -0.2) is 9.07 Å². The Labute approximate surface area is 154 Å². The zero-order valence-electron chi connectivity index (χ0n) is 14.3. The minimum absolute atomic E-state index is 0.00850. The maximum Gasteiger partial charge on any atom is 0.210 e. The molecule has 2 unspecified atom stereocenters. The fourth-order valence-electron chi connectivity index (χ4n) is 2.98. The van der Waals surface area contributed by atoms with Gasteiger partial charge in [0.15, 0.2) is 5.78 Å². The first-order valence-electron chi connectivity index (χ1n) is 8.23. The Morgan fingerprint density at radius 1 is 1.15 bits per heavy atom. The first-order valence-corrected chi connectivity index (χ1v) is 9.11. The van der Waals surface area contributed by atoms with Crippen molar-refractivity contribution in [3.8, 4) is 0 Å². The normalized spacial score (nSPS) is 18.9. The lowest BCUT2D eigenvalue weighted by atomic mass is 9.96. The van der Waals surface area contributed by atoms with Crippen molar-refractivity contribution < 1.29 is 9.18 Å². The molecule has 1 aromatic heterocycles. The van der Waals surface area contributed by atoms with Gasteiger partial charge in [-0.1, -0.05) is 36.0 Å². The standard InChI is InChI=1S/C19H17FN4OS/c1-11-3-4-14(9-12(11)2)17(25)18-16(13-5-7-15(20)8-6-13)23-24-10-21-22-19(24)26-18/h3-10,16,18,23H,1-2H3. The van der Waals surface area contributed by atoms with Gasteiger partial charge in [0, 0.05) is 5.56 Å². The minimum Gasteiger partial charge on any atom is -0.313 e. The van der Waals surface area contributed by atoms with Crippen LogP contribution in [0.1, 0.15) is 33.1 Å². The van der Waals surface area contributed by atoms with E-state index >= 15 is 0 Å². The SMILES string of the molecule is Cc1ccc(C(=O)C2Sc3nncn3NC2c2ccc(F)cc2)cc1C. The molecule has 0 bridgehead atoms. The monoisotopic (exact) mass is 368 g/mol. The summed E-state index contributed by atoms with van der Waals surface area (Å²) in [5.41, 5.74) is 6.98. The summed E-state index contributed by atoms with van der Waals surface area (Å²) in [4.78, 5) is 13.3. The van der Waals surface area contributed by atoms with Crippen molar-refractivity contribution in [1.82, 2.24) is 14.9 Å². The summed E-state index contributed by atoms with van der Waals surface area (Å²) in [7, 11) is 0. The summed E-state index contributed by atoms with van der Waals surface area (Å²) >= 11 is 1.37. The predicted octanol–water partition coefficient (Wildman–Crippen LogP) is 3.68. The summed E-state index contributed by atoms with van der Waals surface area (Å²) in [5, 5.41) is 8.15. The Bertz CT molecular complexity index is 970. The topological polar surface area (TPSA) is 59.8 Å². The molecule has 4 rings (SSSR count). The number of thioether (sulfide) groups is 1. The second kappa shape index (κ2) is 6.57. The molecule has 0 radical (unpaired) electrons. The van der Waals surface area contributed by atoms with Gasteiger partial charge >= 0.3 is 0 Å². The smallest absolute Gasteiger partial charge is 0.210 e. The second-order valence-corrected chi connectivity index (χ2v) is 7.45. The Balaban J connectivity index is 1.73. The van der Waals surface area contributed by atoms with Gasteiger partial charge in [0.1, 0.15) is 17.4 Å². The highest BCUT2D eigenvalue weighted by Gasteiger charge is 2.37. The van der Waals surface area contributed by atoms with E-state index in [-0.39, 0.29) is 17.6 Å². The Morgan fingerprint density at radius 2 is 1.92 bits per heavy atom. The van der Waals surface area contributed by atoms with Crippen LogP contribution in [0.2, 0.25) is 0 Å². The molecule has 0 aliphatic carbocycles. The molecule has 1 aliphatic rings. The Kier molecular flexibility index (Phi) is 4.24. The highest BCUT2D eigenvalue weighted by Crippen LogP contribution is 2.38. The molecule has 7 heteroatoms. The average Bonchev–Trinajstić information content (AvgIpc) is 3.10. The van der Waals surface area contributed by atoms with E-state index in [0.717, 1.165) is 16.7 Å². The van der Waals surface area contributed by atoms with Gasteiger partial charge in [0.2, 0.25) is 5.16 Å². The third kappa shape index (κ3) is 2.99. The van der Waals surface area contributed by atoms with Crippen LogP contribution >= 0.6 is 11.8 Å². The fraction of sp³-hybridized carbons (Fsp3) is 0.211. The Morgan fingerprint density at radius 3 is 2.65 bits per heavy atom. The quantitative estimate of drug-likeness (QED) is 0.715. The number of carbonyl (C=O) groups is 1. The van der Waals surface area contributed by atoms with Crippen LogP contribution in [0.3, 0.4) is 0 Å². The molecule has 5 nitrogen and oxygen atoms in total. The van der Waals surface area contributed by atoms with Gasteiger partial charge in [-0.3, -0.25) is 4.79 Å². The number of aromatic nitrogens is 3. The summed E-state index contributed by atoms with van der Waals surface area (Å²) < 4.78 is 15.0. The zero-order chi connectivity index (χ0) is 18.3. The van der Waals surface area contributed by atoms with Gasteiger partial charge in [0.25, 0.3) is 0 Å². The van der Waals surface area contributed by atoms with Gasteiger partial charge in [-0.05, 0) is 48.7 Å². The zero-order valence-corrected chi connectivity index (χ0v) is 15.1. The fourth-order valence-corrected chi connectivity index (χ4v) is 4.11. The van der Waals surface area contributed by atoms with Gasteiger partial charge in [-0.15, -0.1) is 10.2 Å². The number of hydrogen-bond donors (Lipinski definition) is 1.